The topological polar surface area (TPSA) is 442 Å². The average molecular weight is 1470 g/mol. The largest absolute Gasteiger partial charge is 1.00 e. The fourth-order valence-electron chi connectivity index (χ4n) is 7.74. The monoisotopic (exact) mass is 1460 g/mol. The van der Waals surface area contributed by atoms with Gasteiger partial charge >= 0.3 is 127 Å². The van der Waals surface area contributed by atoms with E-state index in [9.17, 15) is 69.5 Å². The van der Waals surface area contributed by atoms with E-state index in [1.807, 2.05) is 0 Å². The van der Waals surface area contributed by atoms with E-state index in [1.54, 1.807) is 45.9 Å². The third-order valence-electron chi connectivity index (χ3n) is 11.9. The molecular weight excluding hydrogens is 1390 g/mol. The molecule has 2 aromatic heterocycles. The zero-order valence-electron chi connectivity index (χ0n) is 55.9. The van der Waals surface area contributed by atoms with Crippen molar-refractivity contribution in [3.05, 3.63) is 109 Å². The molecular formula is C66H76BClFK2N6O23. The predicted octanol–water partition coefficient (Wildman–Crippen LogP) is 3.30. The molecule has 527 valence electrons. The van der Waals surface area contributed by atoms with Crippen molar-refractivity contribution in [1.29, 1.82) is 0 Å². The SMILES string of the molecule is C.C.CCOC(=O)CCCl.CCOC(=O)CCOc1ccc(-c2nc(-c3ccc(OCCC(=O)OCC)cc3O)nc(-c3ccc(OCCC(=O)OCC)cc3O)n2)c(O)c1.O=CO[O-].Oc1ccc(-c2nc(-c3ccc(O)cc3O)nc(-c3ccc(O)cc3O)n2)c(O)c1.[2H]CF.[B].[H-].[K+].[K+]. The van der Waals surface area contributed by atoms with Crippen LogP contribution in [0.15, 0.2) is 109 Å². The summed E-state index contributed by atoms with van der Waals surface area (Å²) in [5.41, 5.74) is 1.05. The molecule has 0 unspecified atom stereocenters. The van der Waals surface area contributed by atoms with Crippen LogP contribution in [-0.4, -0.2) is 174 Å². The Morgan fingerprint density at radius 2 is 0.640 bits per heavy atom. The molecule has 8 aromatic rings. The first-order valence-electron chi connectivity index (χ1n) is 29.0. The Morgan fingerprint density at radius 3 is 0.820 bits per heavy atom. The molecule has 6 aromatic carbocycles. The summed E-state index contributed by atoms with van der Waals surface area (Å²) in [5, 5.41) is 101. The second-order valence-electron chi connectivity index (χ2n) is 18.4. The number of nitrogens with zero attached hydrogens (tertiary/aromatic N) is 6. The van der Waals surface area contributed by atoms with Gasteiger partial charge in [-0.3, -0.25) is 28.4 Å². The van der Waals surface area contributed by atoms with Crippen LogP contribution in [0.1, 0.15) is 71.0 Å². The average Bonchev–Trinajstić information content (AvgIpc) is 0.794. The standard InChI is InChI=1S/C36H39N3O12.C21H15N3O6.C5H9ClO2.CH3F.CH2O3.2CH4.B.2K.H/c1-4-46-31(43)13-16-49-22-7-10-25(28(40)19-22)34-37-35(26-11-8-23(20-29(26)41)50-17-14-32(44)47-5-2)39-36(38-34)27-12-9-24(21-30(27)42)51-18-15-33(45)48-6-3;25-10-1-4-13(16(28)7-10)19-22-20(14-5-2-11(26)8-17(14)29)24-21(23-19)15-6-3-12(27)9-18(15)30;1-2-8-5(7)3-4-6;1-2;2-1-4-3;;;;;;/h7-12,19-21,40-42H,4-6,13-18H2,1-3H3;1-9,25-30H;2-4H2,1H3;1H3;1,3H;2*1H4;;;;/q;;;;;;;;2*+1;-1/p-1/i;;;1D;;;;;;;. The van der Waals surface area contributed by atoms with E-state index in [1.165, 1.54) is 72.8 Å². The van der Waals surface area contributed by atoms with E-state index in [-0.39, 0.29) is 336 Å². The number of phenolic OH excluding ortho intramolecular Hbond substituents is 9. The van der Waals surface area contributed by atoms with Gasteiger partial charge < -0.3 is 90.7 Å². The van der Waals surface area contributed by atoms with Crippen LogP contribution in [0.25, 0.3) is 68.3 Å². The number of alkyl halides is 2. The molecule has 9 N–H and O–H groups in total. The number of carbonyl (C=O) groups excluding carboxylic acids is 5. The number of hydrogen-bond acceptors (Lipinski definition) is 29. The van der Waals surface area contributed by atoms with Gasteiger partial charge in [0.1, 0.15) is 69.0 Å². The smallest absolute Gasteiger partial charge is 1.00 e. The summed E-state index contributed by atoms with van der Waals surface area (Å²) in [7, 11) is -1.00. The van der Waals surface area contributed by atoms with Crippen molar-refractivity contribution in [2.24, 2.45) is 0 Å². The number of ether oxygens (including phenoxy) is 7. The number of rotatable bonds is 25. The van der Waals surface area contributed by atoms with Gasteiger partial charge in [-0.05, 0) is 100 Å². The molecule has 0 fully saturated rings. The summed E-state index contributed by atoms with van der Waals surface area (Å²) in [5.74, 6) is -2.36. The molecule has 0 aliphatic heterocycles. The number of hydrogen-bond donors (Lipinski definition) is 9. The van der Waals surface area contributed by atoms with Gasteiger partial charge in [-0.25, -0.2) is 29.9 Å². The van der Waals surface area contributed by atoms with Crippen molar-refractivity contribution in [1.82, 2.24) is 29.9 Å². The quantitative estimate of drug-likeness (QED) is 0.00754. The summed E-state index contributed by atoms with van der Waals surface area (Å²) in [4.78, 5) is 83.0. The summed E-state index contributed by atoms with van der Waals surface area (Å²) in [6, 6.07) is 24.8. The Balaban J connectivity index is -0.00000163. The van der Waals surface area contributed by atoms with Gasteiger partial charge in [0.05, 0.1) is 114 Å². The summed E-state index contributed by atoms with van der Waals surface area (Å²) < 4.78 is 51.5. The van der Waals surface area contributed by atoms with Gasteiger partial charge in [0.15, 0.2) is 34.9 Å². The molecule has 0 atom stereocenters. The molecule has 3 radical (unpaired) electrons. The van der Waals surface area contributed by atoms with Crippen LogP contribution in [0, 0.1) is 0 Å². The molecule has 0 aliphatic carbocycles. The second-order valence-corrected chi connectivity index (χ2v) is 18.8. The molecule has 0 saturated carbocycles. The maximum Gasteiger partial charge on any atom is 1.00 e. The molecule has 34 heteroatoms. The predicted molar refractivity (Wildman–Crippen MR) is 354 cm³/mol. The van der Waals surface area contributed by atoms with Gasteiger partial charge in [-0.15, -0.1) is 11.6 Å². The van der Waals surface area contributed by atoms with Crippen LogP contribution < -0.4 is 122 Å². The van der Waals surface area contributed by atoms with Crippen LogP contribution in [0.5, 0.6) is 69.0 Å². The first kappa shape index (κ1) is 91.8. The number of esters is 4. The Kier molecular flexibility index (Phi) is 46.1. The van der Waals surface area contributed by atoms with Gasteiger partial charge in [-0.2, -0.15) is 0 Å². The van der Waals surface area contributed by atoms with Crippen molar-refractivity contribution in [3.8, 4) is 137 Å². The number of aromatic hydroxyl groups is 9. The zero-order valence-corrected chi connectivity index (χ0v) is 60.9. The van der Waals surface area contributed by atoms with E-state index < -0.39 is 25.1 Å². The summed E-state index contributed by atoms with van der Waals surface area (Å²) in [6.45, 7) is 7.99. The third-order valence-corrected chi connectivity index (χ3v) is 12.0. The first-order chi connectivity index (χ1) is 46.1. The number of halogens is 2. The van der Waals surface area contributed by atoms with Gasteiger partial charge in [0, 0.05) is 50.7 Å². The molecule has 2 heterocycles. The normalized spacial score (nSPS) is 9.77. The van der Waals surface area contributed by atoms with Crippen molar-refractivity contribution in [2.45, 2.75) is 68.2 Å². The maximum absolute atomic E-state index is 11.7. The van der Waals surface area contributed by atoms with Crippen LogP contribution in [0.2, 0.25) is 0 Å². The minimum Gasteiger partial charge on any atom is -1.00 e. The number of benzene rings is 6. The number of aromatic nitrogens is 6. The zero-order chi connectivity index (χ0) is 70.7. The van der Waals surface area contributed by atoms with Gasteiger partial charge in [-0.1, -0.05) is 14.9 Å². The fourth-order valence-corrected chi connectivity index (χ4v) is 7.89. The van der Waals surface area contributed by atoms with Gasteiger partial charge in [0.2, 0.25) is 0 Å². The number of phenols is 9. The van der Waals surface area contributed by atoms with Crippen LogP contribution >= 0.6 is 11.6 Å². The van der Waals surface area contributed by atoms with E-state index in [2.05, 4.69) is 39.5 Å². The molecule has 0 saturated heterocycles. The fraction of sp³-hybridized carbons (Fsp3) is 0.288. The Hall–Kier alpha value is -8.19. The molecule has 0 bridgehead atoms. The van der Waals surface area contributed by atoms with E-state index in [4.69, 9.17) is 51.4 Å². The minimum atomic E-state index is -1.00. The maximum atomic E-state index is 11.7. The summed E-state index contributed by atoms with van der Waals surface area (Å²) in [6.07, 6.45) is 0.380. The Morgan fingerprint density at radius 1 is 0.440 bits per heavy atom. The van der Waals surface area contributed by atoms with E-state index >= 15 is 0 Å². The number of carbonyl (C=O) groups is 5. The summed E-state index contributed by atoms with van der Waals surface area (Å²) >= 11 is 5.23. The molecule has 8 rings (SSSR count). The minimum absolute atomic E-state index is 0. The second kappa shape index (κ2) is 50.2. The van der Waals surface area contributed by atoms with Crippen LogP contribution in [0.4, 0.5) is 4.39 Å². The first-order valence-corrected chi connectivity index (χ1v) is 28.8. The molecule has 0 amide bonds. The van der Waals surface area contributed by atoms with E-state index in [0.717, 1.165) is 18.2 Å². The van der Waals surface area contributed by atoms with Crippen molar-refractivity contribution in [3.63, 3.8) is 0 Å². The Labute approximate surface area is 670 Å². The van der Waals surface area contributed by atoms with Gasteiger partial charge in [0.25, 0.3) is 6.47 Å². The van der Waals surface area contributed by atoms with Crippen molar-refractivity contribution >= 4 is 50.4 Å². The molecule has 0 spiro atoms. The van der Waals surface area contributed by atoms with E-state index in [0.29, 0.717) is 18.9 Å². The van der Waals surface area contributed by atoms with Crippen LogP contribution in [-0.2, 0) is 47.8 Å². The van der Waals surface area contributed by atoms with Crippen molar-refractivity contribution < 1.29 is 223 Å². The van der Waals surface area contributed by atoms with Crippen LogP contribution in [0.3, 0.4) is 0 Å². The molecule has 0 aliphatic rings. The molecule has 29 nitrogen and oxygen atoms in total. The Bertz CT molecular complexity index is 3510. The molecule has 100 heavy (non-hydrogen) atoms. The van der Waals surface area contributed by atoms with Crippen molar-refractivity contribution in [2.75, 3.05) is 59.3 Å². The third kappa shape index (κ3) is 30.7.